The molecule has 1 aromatic carbocycles. The molecular formula is C18H23FN4O. The number of carbonyl (C=O) groups excluding carboxylic acids is 1. The Labute approximate surface area is 141 Å². The van der Waals surface area contributed by atoms with Gasteiger partial charge in [0.2, 0.25) is 5.91 Å². The normalized spacial score (nSPS) is 16.7. The van der Waals surface area contributed by atoms with Crippen LogP contribution in [-0.2, 0) is 11.2 Å². The Morgan fingerprint density at radius 2 is 2.00 bits per heavy atom. The summed E-state index contributed by atoms with van der Waals surface area (Å²) in [5, 5.41) is 3.00. The molecule has 5 nitrogen and oxygen atoms in total. The summed E-state index contributed by atoms with van der Waals surface area (Å²) in [6.45, 7) is 2.32. The van der Waals surface area contributed by atoms with Crippen molar-refractivity contribution in [2.24, 2.45) is 0 Å². The highest BCUT2D eigenvalue weighted by Gasteiger charge is 2.28. The molecule has 24 heavy (non-hydrogen) atoms. The molecule has 0 spiro atoms. The fourth-order valence-corrected chi connectivity index (χ4v) is 3.19. The van der Waals surface area contributed by atoms with Gasteiger partial charge in [0, 0.05) is 25.4 Å². The average Bonchev–Trinajstić information content (AvgIpc) is 3.11. The van der Waals surface area contributed by atoms with Crippen molar-refractivity contribution in [2.75, 3.05) is 19.6 Å². The summed E-state index contributed by atoms with van der Waals surface area (Å²) in [6, 6.07) is 5.90. The zero-order valence-corrected chi connectivity index (χ0v) is 13.7. The van der Waals surface area contributed by atoms with Crippen molar-refractivity contribution in [1.29, 1.82) is 0 Å². The van der Waals surface area contributed by atoms with E-state index in [-0.39, 0.29) is 17.8 Å². The number of likely N-dealkylation sites (tertiary alicyclic amines) is 1. The number of H-pyrrole nitrogens is 1. The van der Waals surface area contributed by atoms with Gasteiger partial charge < -0.3 is 10.3 Å². The van der Waals surface area contributed by atoms with Crippen LogP contribution in [-0.4, -0.2) is 40.4 Å². The fourth-order valence-electron chi connectivity index (χ4n) is 3.19. The van der Waals surface area contributed by atoms with Gasteiger partial charge in [0.15, 0.2) is 0 Å². The van der Waals surface area contributed by atoms with Gasteiger partial charge in [-0.25, -0.2) is 9.37 Å². The third-order valence-corrected chi connectivity index (χ3v) is 4.41. The molecule has 0 bridgehead atoms. The van der Waals surface area contributed by atoms with E-state index < -0.39 is 0 Å². The van der Waals surface area contributed by atoms with Gasteiger partial charge in [-0.15, -0.1) is 0 Å². The van der Waals surface area contributed by atoms with Crippen LogP contribution >= 0.6 is 0 Å². The molecule has 1 unspecified atom stereocenters. The van der Waals surface area contributed by atoms with Gasteiger partial charge in [-0.05, 0) is 43.6 Å². The largest absolute Gasteiger partial charge is 0.354 e. The number of rotatable bonds is 6. The van der Waals surface area contributed by atoms with E-state index in [4.69, 9.17) is 0 Å². The Morgan fingerprint density at radius 3 is 2.67 bits per heavy atom. The predicted octanol–water partition coefficient (Wildman–Crippen LogP) is 2.43. The maximum absolute atomic E-state index is 13.2. The third-order valence-electron chi connectivity index (χ3n) is 4.41. The second-order valence-electron chi connectivity index (χ2n) is 6.13. The quantitative estimate of drug-likeness (QED) is 0.855. The summed E-state index contributed by atoms with van der Waals surface area (Å²) in [5.74, 6) is 0.538. The predicted molar refractivity (Wildman–Crippen MR) is 89.9 cm³/mol. The molecule has 128 valence electrons. The van der Waals surface area contributed by atoms with Crippen molar-refractivity contribution in [3.05, 3.63) is 53.9 Å². The molecule has 1 atom stereocenters. The molecule has 3 rings (SSSR count). The van der Waals surface area contributed by atoms with Crippen molar-refractivity contribution < 1.29 is 9.18 Å². The molecule has 2 heterocycles. The minimum Gasteiger partial charge on any atom is -0.354 e. The van der Waals surface area contributed by atoms with Gasteiger partial charge in [-0.2, -0.15) is 0 Å². The SMILES string of the molecule is O=C(NCCc1ncc[nH]1)C(c1ccc(F)cc1)N1CCCCC1. The Balaban J connectivity index is 1.68. The molecule has 1 aromatic heterocycles. The number of aromatic amines is 1. The van der Waals surface area contributed by atoms with Crippen LogP contribution in [0, 0.1) is 5.82 Å². The van der Waals surface area contributed by atoms with Crippen LogP contribution in [0.3, 0.4) is 0 Å². The fraction of sp³-hybridized carbons (Fsp3) is 0.444. The molecular weight excluding hydrogens is 307 g/mol. The van der Waals surface area contributed by atoms with Crippen LogP contribution in [0.2, 0.25) is 0 Å². The average molecular weight is 330 g/mol. The Morgan fingerprint density at radius 1 is 1.25 bits per heavy atom. The number of aromatic nitrogens is 2. The highest BCUT2D eigenvalue weighted by Crippen LogP contribution is 2.25. The lowest BCUT2D eigenvalue weighted by Crippen LogP contribution is -2.43. The number of hydrogen-bond acceptors (Lipinski definition) is 3. The highest BCUT2D eigenvalue weighted by molar-refractivity contribution is 5.83. The van der Waals surface area contributed by atoms with E-state index in [1.165, 1.54) is 18.6 Å². The monoisotopic (exact) mass is 330 g/mol. The first kappa shape index (κ1) is 16.6. The molecule has 2 N–H and O–H groups in total. The maximum Gasteiger partial charge on any atom is 0.241 e. The number of amides is 1. The molecule has 1 aliphatic heterocycles. The lowest BCUT2D eigenvalue weighted by molar-refractivity contribution is -0.127. The topological polar surface area (TPSA) is 61.0 Å². The van der Waals surface area contributed by atoms with Gasteiger partial charge in [0.1, 0.15) is 17.7 Å². The van der Waals surface area contributed by atoms with Crippen molar-refractivity contribution in [3.63, 3.8) is 0 Å². The van der Waals surface area contributed by atoms with Crippen LogP contribution in [0.15, 0.2) is 36.7 Å². The smallest absolute Gasteiger partial charge is 0.241 e. The first-order chi connectivity index (χ1) is 11.7. The molecule has 0 aliphatic carbocycles. The Bertz CT molecular complexity index is 636. The third kappa shape index (κ3) is 4.20. The number of hydrogen-bond donors (Lipinski definition) is 2. The zero-order valence-electron chi connectivity index (χ0n) is 13.7. The highest BCUT2D eigenvalue weighted by atomic mass is 19.1. The maximum atomic E-state index is 13.2. The van der Waals surface area contributed by atoms with E-state index >= 15 is 0 Å². The van der Waals surface area contributed by atoms with Crippen molar-refractivity contribution in [1.82, 2.24) is 20.2 Å². The van der Waals surface area contributed by atoms with Gasteiger partial charge in [-0.1, -0.05) is 18.6 Å². The standard InChI is InChI=1S/C18H23FN4O/c19-15-6-4-14(5-7-15)17(23-12-2-1-3-13-23)18(24)22-9-8-16-20-10-11-21-16/h4-7,10-11,17H,1-3,8-9,12-13H2,(H,20,21)(H,22,24). The molecule has 0 saturated carbocycles. The van der Waals surface area contributed by atoms with Gasteiger partial charge in [0.05, 0.1) is 0 Å². The minimum atomic E-state index is -0.359. The number of piperidine rings is 1. The lowest BCUT2D eigenvalue weighted by Gasteiger charge is -2.34. The van der Waals surface area contributed by atoms with Crippen molar-refractivity contribution >= 4 is 5.91 Å². The van der Waals surface area contributed by atoms with E-state index in [0.717, 1.165) is 37.3 Å². The van der Waals surface area contributed by atoms with E-state index in [1.807, 2.05) is 0 Å². The molecule has 1 saturated heterocycles. The van der Waals surface area contributed by atoms with Crippen LogP contribution in [0.25, 0.3) is 0 Å². The van der Waals surface area contributed by atoms with E-state index in [1.54, 1.807) is 24.5 Å². The number of benzene rings is 1. The second-order valence-corrected chi connectivity index (χ2v) is 6.13. The van der Waals surface area contributed by atoms with Crippen LogP contribution in [0.4, 0.5) is 4.39 Å². The number of nitrogens with zero attached hydrogens (tertiary/aromatic N) is 2. The van der Waals surface area contributed by atoms with Gasteiger partial charge in [-0.3, -0.25) is 9.69 Å². The minimum absolute atomic E-state index is 0.0323. The van der Waals surface area contributed by atoms with E-state index in [2.05, 4.69) is 20.2 Å². The second kappa shape index (κ2) is 8.06. The first-order valence-electron chi connectivity index (χ1n) is 8.49. The summed E-state index contributed by atoms with van der Waals surface area (Å²) < 4.78 is 13.2. The molecule has 6 heteroatoms. The summed E-state index contributed by atoms with van der Waals surface area (Å²) in [6.07, 6.45) is 7.52. The summed E-state index contributed by atoms with van der Waals surface area (Å²) in [5.41, 5.74) is 0.841. The zero-order chi connectivity index (χ0) is 16.8. The number of carbonyl (C=O) groups is 1. The molecule has 2 aromatic rings. The summed E-state index contributed by atoms with van der Waals surface area (Å²) >= 11 is 0. The lowest BCUT2D eigenvalue weighted by atomic mass is 10.0. The van der Waals surface area contributed by atoms with Crippen molar-refractivity contribution in [3.8, 4) is 0 Å². The number of nitrogens with one attached hydrogen (secondary N) is 2. The molecule has 1 amide bonds. The van der Waals surface area contributed by atoms with Gasteiger partial charge >= 0.3 is 0 Å². The van der Waals surface area contributed by atoms with Crippen LogP contribution in [0.1, 0.15) is 36.7 Å². The molecule has 1 aliphatic rings. The van der Waals surface area contributed by atoms with E-state index in [9.17, 15) is 9.18 Å². The molecule has 1 fully saturated rings. The first-order valence-corrected chi connectivity index (χ1v) is 8.49. The Hall–Kier alpha value is -2.21. The summed E-state index contributed by atoms with van der Waals surface area (Å²) in [7, 11) is 0. The molecule has 0 radical (unpaired) electrons. The van der Waals surface area contributed by atoms with Crippen LogP contribution in [0.5, 0.6) is 0 Å². The van der Waals surface area contributed by atoms with Crippen molar-refractivity contribution in [2.45, 2.75) is 31.7 Å². The number of imidazole rings is 1. The van der Waals surface area contributed by atoms with Gasteiger partial charge in [0.25, 0.3) is 0 Å². The Kier molecular flexibility index (Phi) is 5.59. The number of halogens is 1. The summed E-state index contributed by atoms with van der Waals surface area (Å²) in [4.78, 5) is 22.2. The van der Waals surface area contributed by atoms with Crippen LogP contribution < -0.4 is 5.32 Å². The van der Waals surface area contributed by atoms with E-state index in [0.29, 0.717) is 13.0 Å².